The van der Waals surface area contributed by atoms with Gasteiger partial charge in [0.2, 0.25) is 0 Å². The van der Waals surface area contributed by atoms with Crippen LogP contribution in [0.2, 0.25) is 0 Å². The Morgan fingerprint density at radius 3 is 2.43 bits per heavy atom. The Hall–Kier alpha value is -1.20. The maximum atomic E-state index is 12.6. The van der Waals surface area contributed by atoms with Gasteiger partial charge in [-0.1, -0.05) is 30.3 Å². The number of benzene rings is 1. The highest BCUT2D eigenvalue weighted by molar-refractivity contribution is 7.99. The second-order valence-corrected chi connectivity index (χ2v) is 8.38. The quantitative estimate of drug-likeness (QED) is 0.910. The smallest absolute Gasteiger partial charge is 0.410 e. The van der Waals surface area contributed by atoms with E-state index < -0.39 is 11.2 Å². The molecule has 0 atom stereocenters. The molecule has 23 heavy (non-hydrogen) atoms. The lowest BCUT2D eigenvalue weighted by atomic mass is 9.96. The standard InChI is InChI=1S/C18H27NO3S/c1-17(2,3)22-16(20)19(13-15-7-5-4-6-8-15)14-18(21)9-11-23-12-10-18/h4-8,21H,9-14H2,1-3H3. The molecule has 1 heterocycles. The van der Waals surface area contributed by atoms with Crippen LogP contribution in [0.3, 0.4) is 0 Å². The highest BCUT2D eigenvalue weighted by Gasteiger charge is 2.34. The largest absolute Gasteiger partial charge is 0.444 e. The predicted octanol–water partition coefficient (Wildman–Crippen LogP) is 3.68. The summed E-state index contributed by atoms with van der Waals surface area (Å²) >= 11 is 1.85. The van der Waals surface area contributed by atoms with Gasteiger partial charge in [0.1, 0.15) is 5.60 Å². The molecule has 1 aliphatic rings. The van der Waals surface area contributed by atoms with Gasteiger partial charge in [0.15, 0.2) is 0 Å². The highest BCUT2D eigenvalue weighted by Crippen LogP contribution is 2.28. The van der Waals surface area contributed by atoms with Gasteiger partial charge in [-0.2, -0.15) is 11.8 Å². The van der Waals surface area contributed by atoms with Gasteiger partial charge in [0.05, 0.1) is 12.1 Å². The van der Waals surface area contributed by atoms with Gasteiger partial charge in [-0.05, 0) is 50.7 Å². The second-order valence-electron chi connectivity index (χ2n) is 7.16. The molecule has 0 aliphatic carbocycles. The summed E-state index contributed by atoms with van der Waals surface area (Å²) in [6, 6.07) is 9.83. The third-order valence-corrected chi connectivity index (χ3v) is 4.76. The third kappa shape index (κ3) is 6.07. The SMILES string of the molecule is CC(C)(C)OC(=O)N(Cc1ccccc1)CC1(O)CCSCC1. The molecular formula is C18H27NO3S. The van der Waals surface area contributed by atoms with E-state index >= 15 is 0 Å². The van der Waals surface area contributed by atoms with Crippen LogP contribution in [-0.2, 0) is 11.3 Å². The number of ether oxygens (including phenoxy) is 1. The van der Waals surface area contributed by atoms with Crippen LogP contribution in [0.25, 0.3) is 0 Å². The third-order valence-electron chi connectivity index (χ3n) is 3.78. The molecule has 1 N–H and O–H groups in total. The van der Waals surface area contributed by atoms with E-state index in [2.05, 4.69) is 0 Å². The molecule has 1 amide bonds. The van der Waals surface area contributed by atoms with Crippen LogP contribution in [0, 0.1) is 0 Å². The van der Waals surface area contributed by atoms with Gasteiger partial charge >= 0.3 is 6.09 Å². The van der Waals surface area contributed by atoms with Crippen LogP contribution in [0.5, 0.6) is 0 Å². The van der Waals surface area contributed by atoms with Crippen molar-refractivity contribution in [1.29, 1.82) is 0 Å². The maximum Gasteiger partial charge on any atom is 0.410 e. The molecular weight excluding hydrogens is 310 g/mol. The molecule has 2 rings (SSSR count). The Morgan fingerprint density at radius 2 is 1.87 bits per heavy atom. The average Bonchev–Trinajstić information content (AvgIpc) is 2.46. The summed E-state index contributed by atoms with van der Waals surface area (Å²) in [7, 11) is 0. The van der Waals surface area contributed by atoms with Gasteiger partial charge in [-0.15, -0.1) is 0 Å². The molecule has 5 heteroatoms. The fourth-order valence-corrected chi connectivity index (χ4v) is 3.83. The maximum absolute atomic E-state index is 12.6. The molecule has 0 bridgehead atoms. The Kier molecular flexibility index (Phi) is 5.98. The van der Waals surface area contributed by atoms with Crippen molar-refractivity contribution < 1.29 is 14.6 Å². The van der Waals surface area contributed by atoms with Crippen molar-refractivity contribution in [2.75, 3.05) is 18.1 Å². The van der Waals surface area contributed by atoms with Crippen molar-refractivity contribution in [2.24, 2.45) is 0 Å². The number of hydrogen-bond donors (Lipinski definition) is 1. The molecule has 0 spiro atoms. The first-order valence-corrected chi connectivity index (χ1v) is 9.25. The number of carbonyl (C=O) groups excluding carboxylic acids is 1. The summed E-state index contributed by atoms with van der Waals surface area (Å²) in [4.78, 5) is 14.2. The first kappa shape index (κ1) is 18.1. The predicted molar refractivity (Wildman–Crippen MR) is 94.6 cm³/mol. The average molecular weight is 337 g/mol. The van der Waals surface area contributed by atoms with Gasteiger partial charge < -0.3 is 14.7 Å². The molecule has 1 fully saturated rings. The van der Waals surface area contributed by atoms with Crippen molar-refractivity contribution in [3.05, 3.63) is 35.9 Å². The first-order chi connectivity index (χ1) is 10.8. The molecule has 1 aromatic carbocycles. The number of carbonyl (C=O) groups is 1. The molecule has 0 unspecified atom stereocenters. The molecule has 1 aromatic rings. The van der Waals surface area contributed by atoms with Gasteiger partial charge in [-0.3, -0.25) is 0 Å². The zero-order valence-corrected chi connectivity index (χ0v) is 15.1. The molecule has 0 aromatic heterocycles. The van der Waals surface area contributed by atoms with E-state index in [-0.39, 0.29) is 6.09 Å². The van der Waals surface area contributed by atoms with Crippen LogP contribution < -0.4 is 0 Å². The van der Waals surface area contributed by atoms with Crippen LogP contribution >= 0.6 is 11.8 Å². The van der Waals surface area contributed by atoms with Gasteiger partial charge in [0.25, 0.3) is 0 Å². The zero-order chi connectivity index (χ0) is 16.9. The lowest BCUT2D eigenvalue weighted by Crippen LogP contribution is -2.48. The summed E-state index contributed by atoms with van der Waals surface area (Å²) in [5.74, 6) is 1.87. The van der Waals surface area contributed by atoms with E-state index in [1.807, 2.05) is 62.9 Å². The van der Waals surface area contributed by atoms with Crippen molar-refractivity contribution in [2.45, 2.75) is 51.4 Å². The van der Waals surface area contributed by atoms with Crippen molar-refractivity contribution in [3.8, 4) is 0 Å². The first-order valence-electron chi connectivity index (χ1n) is 8.09. The second kappa shape index (κ2) is 7.58. The Bertz CT molecular complexity index is 507. The van der Waals surface area contributed by atoms with E-state index in [4.69, 9.17) is 4.74 Å². The summed E-state index contributed by atoms with van der Waals surface area (Å²) in [6.07, 6.45) is 1.06. The van der Waals surface area contributed by atoms with Crippen LogP contribution in [0.1, 0.15) is 39.2 Å². The molecule has 1 saturated heterocycles. The minimum Gasteiger partial charge on any atom is -0.444 e. The lowest BCUT2D eigenvalue weighted by molar-refractivity contribution is -0.0242. The Balaban J connectivity index is 2.11. The topological polar surface area (TPSA) is 49.8 Å². The monoisotopic (exact) mass is 337 g/mol. The van der Waals surface area contributed by atoms with E-state index in [1.165, 1.54) is 0 Å². The normalized spacial score (nSPS) is 17.6. The zero-order valence-electron chi connectivity index (χ0n) is 14.2. The summed E-state index contributed by atoms with van der Waals surface area (Å²) < 4.78 is 5.53. The highest BCUT2D eigenvalue weighted by atomic mass is 32.2. The fraction of sp³-hybridized carbons (Fsp3) is 0.611. The minimum atomic E-state index is -0.809. The summed E-state index contributed by atoms with van der Waals surface area (Å²) in [6.45, 7) is 6.34. The van der Waals surface area contributed by atoms with E-state index in [9.17, 15) is 9.90 Å². The van der Waals surface area contributed by atoms with E-state index in [1.54, 1.807) is 4.90 Å². The number of hydrogen-bond acceptors (Lipinski definition) is 4. The van der Waals surface area contributed by atoms with E-state index in [0.717, 1.165) is 17.1 Å². The van der Waals surface area contributed by atoms with Crippen molar-refractivity contribution in [1.82, 2.24) is 4.90 Å². The lowest BCUT2D eigenvalue weighted by Gasteiger charge is -2.37. The van der Waals surface area contributed by atoms with E-state index in [0.29, 0.717) is 25.9 Å². The van der Waals surface area contributed by atoms with Gasteiger partial charge in [0, 0.05) is 6.54 Å². The number of aliphatic hydroxyl groups is 1. The van der Waals surface area contributed by atoms with Crippen molar-refractivity contribution >= 4 is 17.9 Å². The number of amides is 1. The molecule has 0 radical (unpaired) electrons. The van der Waals surface area contributed by atoms with Crippen LogP contribution in [0.15, 0.2) is 30.3 Å². The fourth-order valence-electron chi connectivity index (χ4n) is 2.58. The molecule has 4 nitrogen and oxygen atoms in total. The summed E-state index contributed by atoms with van der Waals surface area (Å²) in [5, 5.41) is 10.8. The molecule has 0 saturated carbocycles. The minimum absolute atomic E-state index is 0.317. The number of thioether (sulfide) groups is 1. The summed E-state index contributed by atoms with van der Waals surface area (Å²) in [5.41, 5.74) is -0.319. The van der Waals surface area contributed by atoms with Crippen molar-refractivity contribution in [3.63, 3.8) is 0 Å². The molecule has 1 aliphatic heterocycles. The number of rotatable bonds is 4. The Morgan fingerprint density at radius 1 is 1.26 bits per heavy atom. The number of nitrogens with zero attached hydrogens (tertiary/aromatic N) is 1. The van der Waals surface area contributed by atoms with Crippen LogP contribution in [0.4, 0.5) is 4.79 Å². The molecule has 128 valence electrons. The Labute approximate surface area is 143 Å². The van der Waals surface area contributed by atoms with Gasteiger partial charge in [-0.25, -0.2) is 4.79 Å². The van der Waals surface area contributed by atoms with Crippen LogP contribution in [-0.4, -0.2) is 45.4 Å².